The van der Waals surface area contributed by atoms with E-state index in [2.05, 4.69) is 37.5 Å². The average molecular weight is 227 g/mol. The van der Waals surface area contributed by atoms with Crippen molar-refractivity contribution >= 4 is 11.5 Å². The van der Waals surface area contributed by atoms with Crippen LogP contribution in [0.2, 0.25) is 0 Å². The van der Waals surface area contributed by atoms with Crippen molar-refractivity contribution in [1.82, 2.24) is 0 Å². The van der Waals surface area contributed by atoms with Gasteiger partial charge in [0, 0.05) is 29.9 Å². The number of hydrogen-bond acceptors (Lipinski definition) is 2. The van der Waals surface area contributed by atoms with Gasteiger partial charge in [0.15, 0.2) is 5.78 Å². The SMILES string of the molecule is C=CC(=O)C=C1N(C)c2ccccc2C1(C)C. The van der Waals surface area contributed by atoms with Gasteiger partial charge in [-0.25, -0.2) is 0 Å². The first-order valence-corrected chi connectivity index (χ1v) is 5.70. The molecule has 1 aliphatic rings. The van der Waals surface area contributed by atoms with Crippen LogP contribution in [-0.2, 0) is 10.2 Å². The average Bonchev–Trinajstić information content (AvgIpc) is 2.51. The first kappa shape index (κ1) is 11.6. The summed E-state index contributed by atoms with van der Waals surface area (Å²) in [7, 11) is 2.00. The summed E-state index contributed by atoms with van der Waals surface area (Å²) in [4.78, 5) is 13.6. The maximum atomic E-state index is 11.5. The van der Waals surface area contributed by atoms with E-state index in [1.54, 1.807) is 6.08 Å². The topological polar surface area (TPSA) is 20.3 Å². The third-order valence-corrected chi connectivity index (χ3v) is 3.42. The Bertz CT molecular complexity index is 511. The van der Waals surface area contributed by atoms with Crippen LogP contribution in [0.15, 0.2) is 48.7 Å². The fourth-order valence-electron chi connectivity index (χ4n) is 2.45. The van der Waals surface area contributed by atoms with E-state index in [0.29, 0.717) is 0 Å². The summed E-state index contributed by atoms with van der Waals surface area (Å²) >= 11 is 0. The predicted molar refractivity (Wildman–Crippen MR) is 71.2 cm³/mol. The molecule has 0 saturated carbocycles. The van der Waals surface area contributed by atoms with Crippen molar-refractivity contribution in [2.24, 2.45) is 0 Å². The fourth-order valence-corrected chi connectivity index (χ4v) is 2.45. The van der Waals surface area contributed by atoms with E-state index in [0.717, 1.165) is 5.70 Å². The Morgan fingerprint density at radius 1 is 1.35 bits per heavy atom. The van der Waals surface area contributed by atoms with Gasteiger partial charge < -0.3 is 4.90 Å². The number of allylic oxidation sites excluding steroid dienone is 3. The van der Waals surface area contributed by atoms with Crippen molar-refractivity contribution in [3.8, 4) is 0 Å². The monoisotopic (exact) mass is 227 g/mol. The Kier molecular flexibility index (Phi) is 2.66. The summed E-state index contributed by atoms with van der Waals surface area (Å²) in [5.41, 5.74) is 3.30. The van der Waals surface area contributed by atoms with E-state index < -0.39 is 0 Å². The van der Waals surface area contributed by atoms with E-state index in [1.807, 2.05) is 19.2 Å². The van der Waals surface area contributed by atoms with Crippen LogP contribution >= 0.6 is 0 Å². The lowest BCUT2D eigenvalue weighted by Gasteiger charge is -2.23. The molecular weight excluding hydrogens is 210 g/mol. The number of carbonyl (C=O) groups is 1. The van der Waals surface area contributed by atoms with Gasteiger partial charge in [0.05, 0.1) is 0 Å². The normalized spacial score (nSPS) is 19.2. The highest BCUT2D eigenvalue weighted by atomic mass is 16.1. The molecule has 1 heterocycles. The minimum Gasteiger partial charge on any atom is -0.347 e. The quantitative estimate of drug-likeness (QED) is 0.724. The third-order valence-electron chi connectivity index (χ3n) is 3.42. The van der Waals surface area contributed by atoms with Crippen molar-refractivity contribution in [3.63, 3.8) is 0 Å². The molecule has 1 aromatic carbocycles. The van der Waals surface area contributed by atoms with Crippen LogP contribution in [-0.4, -0.2) is 12.8 Å². The molecule has 0 fully saturated rings. The number of rotatable bonds is 2. The van der Waals surface area contributed by atoms with Gasteiger partial charge in [-0.2, -0.15) is 0 Å². The lowest BCUT2D eigenvalue weighted by molar-refractivity contribution is -0.110. The minimum absolute atomic E-state index is 0.0484. The van der Waals surface area contributed by atoms with Crippen LogP contribution < -0.4 is 4.90 Å². The van der Waals surface area contributed by atoms with E-state index in [-0.39, 0.29) is 11.2 Å². The number of nitrogens with zero attached hydrogens (tertiary/aromatic N) is 1. The molecule has 0 radical (unpaired) electrons. The van der Waals surface area contributed by atoms with Gasteiger partial charge >= 0.3 is 0 Å². The van der Waals surface area contributed by atoms with E-state index in [9.17, 15) is 4.79 Å². The molecule has 0 unspecified atom stereocenters. The molecular formula is C15H17NO. The Morgan fingerprint density at radius 3 is 2.59 bits per heavy atom. The number of carbonyl (C=O) groups excluding carboxylic acids is 1. The highest BCUT2D eigenvalue weighted by molar-refractivity contribution is 6.00. The molecule has 0 bridgehead atoms. The molecule has 0 aromatic heterocycles. The number of hydrogen-bond donors (Lipinski definition) is 0. The van der Waals surface area contributed by atoms with E-state index in [4.69, 9.17) is 0 Å². The second-order valence-electron chi connectivity index (χ2n) is 4.84. The second kappa shape index (κ2) is 3.88. The molecule has 1 aromatic rings. The lowest BCUT2D eigenvalue weighted by atomic mass is 9.83. The minimum atomic E-state index is -0.135. The molecule has 0 saturated heterocycles. The van der Waals surface area contributed by atoms with Crippen molar-refractivity contribution in [2.75, 3.05) is 11.9 Å². The van der Waals surface area contributed by atoms with Crippen LogP contribution in [0.25, 0.3) is 0 Å². The number of fused-ring (bicyclic) bond motifs is 1. The molecule has 2 rings (SSSR count). The Labute approximate surface area is 102 Å². The molecule has 0 spiro atoms. The van der Waals surface area contributed by atoms with E-state index >= 15 is 0 Å². The van der Waals surface area contributed by atoms with Gasteiger partial charge in [-0.15, -0.1) is 0 Å². The number of ketones is 1. The van der Waals surface area contributed by atoms with Gasteiger partial charge in [-0.1, -0.05) is 38.6 Å². The van der Waals surface area contributed by atoms with Gasteiger partial charge in [-0.3, -0.25) is 4.79 Å². The zero-order valence-electron chi connectivity index (χ0n) is 10.5. The Balaban J connectivity index is 2.58. The van der Waals surface area contributed by atoms with E-state index in [1.165, 1.54) is 17.3 Å². The van der Waals surface area contributed by atoms with Crippen molar-refractivity contribution in [1.29, 1.82) is 0 Å². The second-order valence-corrected chi connectivity index (χ2v) is 4.84. The molecule has 17 heavy (non-hydrogen) atoms. The summed E-state index contributed by atoms with van der Waals surface area (Å²) in [5.74, 6) is -0.0484. The lowest BCUT2D eigenvalue weighted by Crippen LogP contribution is -2.23. The molecule has 1 aliphatic heterocycles. The first-order chi connectivity index (χ1) is 7.98. The standard InChI is InChI=1S/C15H17NO/c1-5-11(17)10-14-15(2,3)12-8-6-7-9-13(12)16(14)4/h5-10H,1H2,2-4H3. The van der Waals surface area contributed by atoms with Gasteiger partial charge in [-0.05, 0) is 17.7 Å². The highest BCUT2D eigenvalue weighted by Crippen LogP contribution is 2.46. The molecule has 2 nitrogen and oxygen atoms in total. The van der Waals surface area contributed by atoms with Gasteiger partial charge in [0.25, 0.3) is 0 Å². The largest absolute Gasteiger partial charge is 0.347 e. The zero-order valence-corrected chi connectivity index (χ0v) is 10.5. The first-order valence-electron chi connectivity index (χ1n) is 5.70. The molecule has 0 aliphatic carbocycles. The smallest absolute Gasteiger partial charge is 0.179 e. The predicted octanol–water partition coefficient (Wildman–Crippen LogP) is 3.05. The van der Waals surface area contributed by atoms with Gasteiger partial charge in [0.2, 0.25) is 0 Å². The number of para-hydroxylation sites is 1. The Morgan fingerprint density at radius 2 is 2.00 bits per heavy atom. The van der Waals surface area contributed by atoms with Crippen molar-refractivity contribution in [3.05, 3.63) is 54.3 Å². The maximum Gasteiger partial charge on any atom is 0.179 e. The Hall–Kier alpha value is -1.83. The fraction of sp³-hybridized carbons (Fsp3) is 0.267. The summed E-state index contributed by atoms with van der Waals surface area (Å²) in [5, 5.41) is 0. The number of anilines is 1. The summed E-state index contributed by atoms with van der Waals surface area (Å²) in [6.45, 7) is 7.78. The summed E-state index contributed by atoms with van der Waals surface area (Å²) in [6, 6.07) is 8.25. The zero-order chi connectivity index (χ0) is 12.6. The highest BCUT2D eigenvalue weighted by Gasteiger charge is 2.38. The van der Waals surface area contributed by atoms with Crippen molar-refractivity contribution in [2.45, 2.75) is 19.3 Å². The van der Waals surface area contributed by atoms with Crippen LogP contribution in [0.4, 0.5) is 5.69 Å². The molecule has 88 valence electrons. The summed E-state index contributed by atoms with van der Waals surface area (Å²) in [6.07, 6.45) is 3.02. The van der Waals surface area contributed by atoms with Crippen LogP contribution in [0.1, 0.15) is 19.4 Å². The maximum absolute atomic E-state index is 11.5. The molecule has 2 heteroatoms. The third kappa shape index (κ3) is 1.70. The molecule has 0 N–H and O–H groups in total. The summed E-state index contributed by atoms with van der Waals surface area (Å²) < 4.78 is 0. The number of benzene rings is 1. The van der Waals surface area contributed by atoms with Crippen molar-refractivity contribution < 1.29 is 4.79 Å². The van der Waals surface area contributed by atoms with Crippen LogP contribution in [0.5, 0.6) is 0 Å². The number of likely N-dealkylation sites (N-methyl/N-ethyl adjacent to an activating group) is 1. The van der Waals surface area contributed by atoms with Gasteiger partial charge in [0.1, 0.15) is 0 Å². The van der Waals surface area contributed by atoms with Crippen LogP contribution in [0.3, 0.4) is 0 Å². The van der Waals surface area contributed by atoms with Crippen LogP contribution in [0, 0.1) is 0 Å². The molecule has 0 atom stereocenters. The molecule has 0 amide bonds.